The Balaban J connectivity index is 2.29. The summed E-state index contributed by atoms with van der Waals surface area (Å²) in [7, 11) is -1.11. The summed E-state index contributed by atoms with van der Waals surface area (Å²) in [5.41, 5.74) is 6.22. The van der Waals surface area contributed by atoms with Gasteiger partial charge in [-0.3, -0.25) is 4.79 Å². The molecule has 1 aromatic rings. The Hall–Kier alpha value is -1.44. The Bertz CT molecular complexity index is 468. The van der Waals surface area contributed by atoms with Crippen molar-refractivity contribution < 1.29 is 24.0 Å². The number of fused-ring (bicyclic) bond motifs is 1. The number of hydrogen-bond acceptors (Lipinski definition) is 4. The van der Waals surface area contributed by atoms with E-state index in [4.69, 9.17) is 15.5 Å². The second kappa shape index (κ2) is 4.44. The van der Waals surface area contributed by atoms with E-state index >= 15 is 0 Å². The minimum atomic E-state index is -1.18. The first-order valence-corrected chi connectivity index (χ1v) is 5.09. The molecule has 1 aromatic carbocycles. The van der Waals surface area contributed by atoms with Crippen LogP contribution in [0, 0.1) is 5.82 Å². The predicted octanol–water partition coefficient (Wildman–Crippen LogP) is -1.00. The Morgan fingerprint density at radius 2 is 2.35 bits per heavy atom. The van der Waals surface area contributed by atoms with E-state index in [1.165, 1.54) is 12.1 Å². The minimum Gasteiger partial charge on any atom is -0.480 e. The van der Waals surface area contributed by atoms with Gasteiger partial charge < -0.3 is 20.5 Å². The SMILES string of the molecule is NC(Cc1ccc2c(c1F)COB2O)C(=O)O. The van der Waals surface area contributed by atoms with E-state index in [-0.39, 0.29) is 24.2 Å². The van der Waals surface area contributed by atoms with Gasteiger partial charge >= 0.3 is 13.1 Å². The van der Waals surface area contributed by atoms with Gasteiger partial charge in [0, 0.05) is 12.0 Å². The standard InChI is InChI=1S/C10H11BFNO4/c12-9-5(3-8(13)10(14)15)1-2-7-6(9)4-17-11(7)16/h1-2,8,16H,3-4,13H2,(H,14,15). The molecule has 0 aliphatic carbocycles. The second-order valence-electron chi connectivity index (χ2n) is 3.92. The van der Waals surface area contributed by atoms with Gasteiger partial charge in [-0.1, -0.05) is 12.1 Å². The van der Waals surface area contributed by atoms with E-state index in [0.717, 1.165) is 0 Å². The van der Waals surface area contributed by atoms with Crippen LogP contribution in [0.15, 0.2) is 12.1 Å². The molecule has 1 atom stereocenters. The number of carboxylic acids is 1. The lowest BCUT2D eigenvalue weighted by Crippen LogP contribution is -2.33. The Morgan fingerprint density at radius 1 is 1.65 bits per heavy atom. The zero-order valence-corrected chi connectivity index (χ0v) is 8.89. The molecule has 2 rings (SSSR count). The topological polar surface area (TPSA) is 92.8 Å². The highest BCUT2D eigenvalue weighted by atomic mass is 19.1. The molecule has 1 unspecified atom stereocenters. The molecular weight excluding hydrogens is 228 g/mol. The van der Waals surface area contributed by atoms with Crippen molar-refractivity contribution in [3.8, 4) is 0 Å². The van der Waals surface area contributed by atoms with Crippen molar-refractivity contribution in [1.29, 1.82) is 0 Å². The monoisotopic (exact) mass is 239 g/mol. The molecule has 90 valence electrons. The molecule has 4 N–H and O–H groups in total. The first-order chi connectivity index (χ1) is 8.00. The lowest BCUT2D eigenvalue weighted by Gasteiger charge is -2.09. The Labute approximate surface area is 97.1 Å². The maximum atomic E-state index is 13.9. The maximum Gasteiger partial charge on any atom is 0.491 e. The minimum absolute atomic E-state index is 0.0154. The van der Waals surface area contributed by atoms with Crippen molar-refractivity contribution in [2.75, 3.05) is 0 Å². The first kappa shape index (κ1) is 12.0. The van der Waals surface area contributed by atoms with E-state index in [1.807, 2.05) is 0 Å². The molecular formula is C10H11BFNO4. The highest BCUT2D eigenvalue weighted by Gasteiger charge is 2.31. The molecule has 0 saturated carbocycles. The number of rotatable bonds is 3. The van der Waals surface area contributed by atoms with Gasteiger partial charge in [0.2, 0.25) is 0 Å². The number of aliphatic carboxylic acids is 1. The van der Waals surface area contributed by atoms with Crippen molar-refractivity contribution in [2.45, 2.75) is 19.1 Å². The van der Waals surface area contributed by atoms with E-state index < -0.39 is 24.9 Å². The van der Waals surface area contributed by atoms with Crippen LogP contribution in [0.4, 0.5) is 4.39 Å². The molecule has 0 spiro atoms. The summed E-state index contributed by atoms with van der Waals surface area (Å²) in [6.07, 6.45) is -0.0927. The van der Waals surface area contributed by atoms with E-state index in [1.54, 1.807) is 0 Å². The van der Waals surface area contributed by atoms with Gasteiger partial charge in [0.15, 0.2) is 0 Å². The van der Waals surface area contributed by atoms with Gasteiger partial charge in [-0.05, 0) is 11.0 Å². The smallest absolute Gasteiger partial charge is 0.480 e. The van der Waals surface area contributed by atoms with Gasteiger partial charge in [0.25, 0.3) is 0 Å². The summed E-state index contributed by atoms with van der Waals surface area (Å²) in [6, 6.07) is 1.81. The highest BCUT2D eigenvalue weighted by molar-refractivity contribution is 6.61. The van der Waals surface area contributed by atoms with E-state index in [9.17, 15) is 14.2 Å². The lowest BCUT2D eigenvalue weighted by molar-refractivity contribution is -0.138. The van der Waals surface area contributed by atoms with E-state index in [2.05, 4.69) is 0 Å². The number of nitrogens with two attached hydrogens (primary N) is 1. The summed E-state index contributed by atoms with van der Waals surface area (Å²) in [5.74, 6) is -1.73. The zero-order valence-electron chi connectivity index (χ0n) is 8.89. The summed E-state index contributed by atoms with van der Waals surface area (Å²) < 4.78 is 18.8. The Morgan fingerprint density at radius 3 is 3.00 bits per heavy atom. The molecule has 1 heterocycles. The molecule has 0 amide bonds. The number of halogens is 1. The molecule has 0 fully saturated rings. The van der Waals surface area contributed by atoms with Crippen LogP contribution in [0.1, 0.15) is 11.1 Å². The second-order valence-corrected chi connectivity index (χ2v) is 3.92. The predicted molar refractivity (Wildman–Crippen MR) is 58.1 cm³/mol. The number of benzene rings is 1. The van der Waals surface area contributed by atoms with Crippen LogP contribution >= 0.6 is 0 Å². The first-order valence-electron chi connectivity index (χ1n) is 5.09. The fourth-order valence-electron chi connectivity index (χ4n) is 1.80. The largest absolute Gasteiger partial charge is 0.491 e. The average Bonchev–Trinajstić information content (AvgIpc) is 2.65. The third kappa shape index (κ3) is 2.17. The van der Waals surface area contributed by atoms with Crippen molar-refractivity contribution in [3.05, 3.63) is 29.1 Å². The molecule has 17 heavy (non-hydrogen) atoms. The molecule has 0 aromatic heterocycles. The number of hydrogen-bond donors (Lipinski definition) is 3. The molecule has 1 aliphatic heterocycles. The van der Waals surface area contributed by atoms with Crippen LogP contribution in [0.2, 0.25) is 0 Å². The van der Waals surface area contributed by atoms with Crippen LogP contribution in [0.25, 0.3) is 0 Å². The zero-order chi connectivity index (χ0) is 12.6. The van der Waals surface area contributed by atoms with E-state index in [0.29, 0.717) is 5.46 Å². The molecule has 0 bridgehead atoms. The van der Waals surface area contributed by atoms with Crippen molar-refractivity contribution in [1.82, 2.24) is 0 Å². The fraction of sp³-hybridized carbons (Fsp3) is 0.300. The molecule has 1 aliphatic rings. The summed E-state index contributed by atoms with van der Waals surface area (Å²) in [5, 5.41) is 18.0. The van der Waals surface area contributed by atoms with Crippen molar-refractivity contribution in [2.24, 2.45) is 5.73 Å². The lowest BCUT2D eigenvalue weighted by atomic mass is 9.78. The van der Waals surface area contributed by atoms with Crippen molar-refractivity contribution in [3.63, 3.8) is 0 Å². The maximum absolute atomic E-state index is 13.9. The van der Waals surface area contributed by atoms with Crippen molar-refractivity contribution >= 4 is 18.6 Å². The number of carboxylic acid groups (broad SMARTS) is 1. The normalized spacial score (nSPS) is 15.8. The van der Waals surface area contributed by atoms with Crippen LogP contribution in [0.5, 0.6) is 0 Å². The van der Waals surface area contributed by atoms with Gasteiger partial charge in [0.1, 0.15) is 11.9 Å². The molecule has 0 radical (unpaired) electrons. The summed E-state index contributed by atoms with van der Waals surface area (Å²) in [4.78, 5) is 10.6. The summed E-state index contributed by atoms with van der Waals surface area (Å²) in [6.45, 7) is -0.0154. The Kier molecular flexibility index (Phi) is 3.14. The third-order valence-corrected chi connectivity index (χ3v) is 2.77. The van der Waals surface area contributed by atoms with Crippen LogP contribution < -0.4 is 11.2 Å². The number of carbonyl (C=O) groups is 1. The van der Waals surface area contributed by atoms with Gasteiger partial charge in [-0.15, -0.1) is 0 Å². The molecule has 0 saturated heterocycles. The van der Waals surface area contributed by atoms with Gasteiger partial charge in [0.05, 0.1) is 6.61 Å². The quantitative estimate of drug-likeness (QED) is 0.588. The van der Waals surface area contributed by atoms with Crippen LogP contribution in [-0.2, 0) is 22.5 Å². The van der Waals surface area contributed by atoms with Gasteiger partial charge in [-0.2, -0.15) is 0 Å². The molecule has 7 heteroatoms. The fourth-order valence-corrected chi connectivity index (χ4v) is 1.80. The van der Waals surface area contributed by atoms with Crippen LogP contribution in [0.3, 0.4) is 0 Å². The average molecular weight is 239 g/mol. The van der Waals surface area contributed by atoms with Gasteiger partial charge in [-0.25, -0.2) is 4.39 Å². The molecule has 5 nitrogen and oxygen atoms in total. The third-order valence-electron chi connectivity index (χ3n) is 2.77. The highest BCUT2D eigenvalue weighted by Crippen LogP contribution is 2.18. The van der Waals surface area contributed by atoms with Crippen LogP contribution in [-0.4, -0.2) is 29.3 Å². The summed E-state index contributed by atoms with van der Waals surface area (Å²) >= 11 is 0.